The normalized spacial score (nSPS) is 12.9. The Morgan fingerprint density at radius 2 is 2.31 bits per heavy atom. The second-order valence-electron chi connectivity index (χ2n) is 2.97. The molecule has 0 bridgehead atoms. The van der Waals surface area contributed by atoms with E-state index >= 15 is 0 Å². The van der Waals surface area contributed by atoms with Crippen LogP contribution in [0.2, 0.25) is 5.02 Å². The maximum Gasteiger partial charge on any atom is 0.127 e. The smallest absolute Gasteiger partial charge is 0.127 e. The van der Waals surface area contributed by atoms with Gasteiger partial charge in [0, 0.05) is 16.6 Å². The molecule has 1 aromatic rings. The summed E-state index contributed by atoms with van der Waals surface area (Å²) < 4.78 is 13.2. The second-order valence-corrected chi connectivity index (χ2v) is 3.38. The minimum atomic E-state index is -0.283. The SMILES string of the molecule is CC(Cc1c(F)cccc1Cl)NN. The number of hydrogen-bond acceptors (Lipinski definition) is 2. The third kappa shape index (κ3) is 2.66. The van der Waals surface area contributed by atoms with Crippen LogP contribution in [0, 0.1) is 5.82 Å². The molecular weight excluding hydrogens is 191 g/mol. The van der Waals surface area contributed by atoms with Crippen molar-refractivity contribution in [3.05, 3.63) is 34.6 Å². The van der Waals surface area contributed by atoms with E-state index in [1.165, 1.54) is 6.07 Å². The summed E-state index contributed by atoms with van der Waals surface area (Å²) in [4.78, 5) is 0. The molecule has 0 aliphatic rings. The summed E-state index contributed by atoms with van der Waals surface area (Å²) in [6.07, 6.45) is 0.488. The van der Waals surface area contributed by atoms with Crippen LogP contribution in [0.4, 0.5) is 4.39 Å². The Morgan fingerprint density at radius 3 is 2.85 bits per heavy atom. The van der Waals surface area contributed by atoms with E-state index in [9.17, 15) is 4.39 Å². The fourth-order valence-corrected chi connectivity index (χ4v) is 1.33. The van der Waals surface area contributed by atoms with Gasteiger partial charge in [0.15, 0.2) is 0 Å². The Labute approximate surface area is 81.9 Å². The molecule has 13 heavy (non-hydrogen) atoms. The molecule has 0 aliphatic heterocycles. The molecule has 0 amide bonds. The lowest BCUT2D eigenvalue weighted by Crippen LogP contribution is -2.34. The number of halogens is 2. The molecule has 0 aliphatic carbocycles. The van der Waals surface area contributed by atoms with E-state index in [-0.39, 0.29) is 11.9 Å². The topological polar surface area (TPSA) is 38.0 Å². The lowest BCUT2D eigenvalue weighted by molar-refractivity contribution is 0.541. The van der Waals surface area contributed by atoms with Crippen LogP contribution in [0.1, 0.15) is 12.5 Å². The predicted molar refractivity (Wildman–Crippen MR) is 51.9 cm³/mol. The van der Waals surface area contributed by atoms with Crippen LogP contribution in [-0.2, 0) is 6.42 Å². The summed E-state index contributed by atoms with van der Waals surface area (Å²) in [6, 6.07) is 4.66. The van der Waals surface area contributed by atoms with Crippen LogP contribution in [0.5, 0.6) is 0 Å². The first kappa shape index (κ1) is 10.4. The highest BCUT2D eigenvalue weighted by molar-refractivity contribution is 6.31. The van der Waals surface area contributed by atoms with Crippen molar-refractivity contribution in [3.8, 4) is 0 Å². The van der Waals surface area contributed by atoms with Crippen molar-refractivity contribution in [2.45, 2.75) is 19.4 Å². The molecule has 1 aromatic carbocycles. The van der Waals surface area contributed by atoms with Gasteiger partial charge in [-0.2, -0.15) is 0 Å². The van der Waals surface area contributed by atoms with Crippen molar-refractivity contribution in [3.63, 3.8) is 0 Å². The van der Waals surface area contributed by atoms with Crippen LogP contribution in [0.3, 0.4) is 0 Å². The van der Waals surface area contributed by atoms with E-state index in [0.29, 0.717) is 17.0 Å². The standard InChI is InChI=1S/C9H12ClFN2/c1-6(13-12)5-7-8(10)3-2-4-9(7)11/h2-4,6,13H,5,12H2,1H3. The molecule has 1 atom stereocenters. The van der Waals surface area contributed by atoms with Gasteiger partial charge in [0.2, 0.25) is 0 Å². The Kier molecular flexibility index (Phi) is 3.66. The zero-order valence-corrected chi connectivity index (χ0v) is 8.11. The first-order valence-electron chi connectivity index (χ1n) is 4.04. The van der Waals surface area contributed by atoms with Gasteiger partial charge in [-0.1, -0.05) is 17.7 Å². The third-order valence-electron chi connectivity index (χ3n) is 1.86. The van der Waals surface area contributed by atoms with Gasteiger partial charge in [-0.15, -0.1) is 0 Å². The van der Waals surface area contributed by atoms with Crippen molar-refractivity contribution in [1.82, 2.24) is 5.43 Å². The quantitative estimate of drug-likeness (QED) is 0.580. The second kappa shape index (κ2) is 4.56. The number of benzene rings is 1. The van der Waals surface area contributed by atoms with E-state index in [1.807, 2.05) is 6.92 Å². The molecule has 0 aromatic heterocycles. The Morgan fingerprint density at radius 1 is 1.62 bits per heavy atom. The summed E-state index contributed by atoms with van der Waals surface area (Å²) >= 11 is 5.82. The fourth-order valence-electron chi connectivity index (χ4n) is 1.09. The molecular formula is C9H12ClFN2. The molecule has 3 N–H and O–H groups in total. The first-order chi connectivity index (χ1) is 6.15. The number of nitrogens with one attached hydrogen (secondary N) is 1. The van der Waals surface area contributed by atoms with Crippen molar-refractivity contribution in [2.75, 3.05) is 0 Å². The van der Waals surface area contributed by atoms with Crippen LogP contribution in [-0.4, -0.2) is 6.04 Å². The lowest BCUT2D eigenvalue weighted by Gasteiger charge is -2.11. The minimum absolute atomic E-state index is 0.00870. The summed E-state index contributed by atoms with van der Waals surface area (Å²) in [5.41, 5.74) is 3.05. The maximum absolute atomic E-state index is 13.2. The summed E-state index contributed by atoms with van der Waals surface area (Å²) in [6.45, 7) is 1.86. The van der Waals surface area contributed by atoms with E-state index < -0.39 is 0 Å². The van der Waals surface area contributed by atoms with Gasteiger partial charge < -0.3 is 0 Å². The summed E-state index contributed by atoms with van der Waals surface area (Å²) in [5, 5.41) is 0.446. The Hall–Kier alpha value is -0.640. The van der Waals surface area contributed by atoms with Crippen molar-refractivity contribution >= 4 is 11.6 Å². The van der Waals surface area contributed by atoms with E-state index in [0.717, 1.165) is 0 Å². The van der Waals surface area contributed by atoms with E-state index in [1.54, 1.807) is 12.1 Å². The van der Waals surface area contributed by atoms with Gasteiger partial charge in [-0.25, -0.2) is 4.39 Å². The molecule has 0 spiro atoms. The highest BCUT2D eigenvalue weighted by Crippen LogP contribution is 2.20. The van der Waals surface area contributed by atoms with Gasteiger partial charge in [-0.05, 0) is 25.5 Å². The van der Waals surface area contributed by atoms with Gasteiger partial charge in [0.05, 0.1) is 0 Å². The van der Waals surface area contributed by atoms with Crippen LogP contribution in [0.25, 0.3) is 0 Å². The Bertz CT molecular complexity index is 271. The highest BCUT2D eigenvalue weighted by Gasteiger charge is 2.09. The molecule has 0 radical (unpaired) electrons. The van der Waals surface area contributed by atoms with Crippen LogP contribution < -0.4 is 11.3 Å². The van der Waals surface area contributed by atoms with Gasteiger partial charge in [0.1, 0.15) is 5.82 Å². The first-order valence-corrected chi connectivity index (χ1v) is 4.42. The number of hydrogen-bond donors (Lipinski definition) is 2. The molecule has 0 saturated heterocycles. The van der Waals surface area contributed by atoms with Crippen LogP contribution in [0.15, 0.2) is 18.2 Å². The third-order valence-corrected chi connectivity index (χ3v) is 2.21. The van der Waals surface area contributed by atoms with Gasteiger partial charge in [-0.3, -0.25) is 11.3 Å². The van der Waals surface area contributed by atoms with E-state index in [2.05, 4.69) is 5.43 Å². The summed E-state index contributed by atoms with van der Waals surface area (Å²) in [7, 11) is 0. The molecule has 1 rings (SSSR count). The van der Waals surface area contributed by atoms with Gasteiger partial charge in [0.25, 0.3) is 0 Å². The average molecular weight is 203 g/mol. The predicted octanol–water partition coefficient (Wildman–Crippen LogP) is 1.87. The minimum Gasteiger partial charge on any atom is -0.271 e. The van der Waals surface area contributed by atoms with E-state index in [4.69, 9.17) is 17.4 Å². The summed E-state index contributed by atoms with van der Waals surface area (Å²) in [5.74, 6) is 4.92. The van der Waals surface area contributed by atoms with Crippen LogP contribution >= 0.6 is 11.6 Å². The number of nitrogens with two attached hydrogens (primary N) is 1. The maximum atomic E-state index is 13.2. The molecule has 2 nitrogen and oxygen atoms in total. The van der Waals surface area contributed by atoms with Crippen molar-refractivity contribution in [1.29, 1.82) is 0 Å². The van der Waals surface area contributed by atoms with Gasteiger partial charge >= 0.3 is 0 Å². The molecule has 72 valence electrons. The Balaban J connectivity index is 2.87. The number of hydrazine groups is 1. The molecule has 0 fully saturated rings. The fraction of sp³-hybridized carbons (Fsp3) is 0.333. The van der Waals surface area contributed by atoms with Crippen molar-refractivity contribution < 1.29 is 4.39 Å². The zero-order valence-electron chi connectivity index (χ0n) is 7.35. The van der Waals surface area contributed by atoms with Crippen molar-refractivity contribution in [2.24, 2.45) is 5.84 Å². The highest BCUT2D eigenvalue weighted by atomic mass is 35.5. The molecule has 0 saturated carbocycles. The monoisotopic (exact) mass is 202 g/mol. The molecule has 4 heteroatoms. The zero-order chi connectivity index (χ0) is 9.84. The number of rotatable bonds is 3. The average Bonchev–Trinajstić information content (AvgIpc) is 2.11. The largest absolute Gasteiger partial charge is 0.271 e. The molecule has 0 heterocycles. The molecule has 1 unspecified atom stereocenters. The lowest BCUT2D eigenvalue weighted by atomic mass is 10.1.